The van der Waals surface area contributed by atoms with Crippen LogP contribution in [0.3, 0.4) is 0 Å². The molecule has 1 saturated heterocycles. The van der Waals surface area contributed by atoms with Gasteiger partial charge in [0, 0.05) is 35.0 Å². The summed E-state index contributed by atoms with van der Waals surface area (Å²) in [5.41, 5.74) is 0.997. The quantitative estimate of drug-likeness (QED) is 0.696. The van der Waals surface area contributed by atoms with Crippen molar-refractivity contribution in [3.63, 3.8) is 0 Å². The Bertz CT molecular complexity index is 927. The van der Waals surface area contributed by atoms with Crippen molar-refractivity contribution in [3.05, 3.63) is 65.0 Å². The van der Waals surface area contributed by atoms with E-state index in [1.807, 2.05) is 6.07 Å². The molecule has 3 aromatic rings. The molecule has 2 aromatic heterocycles. The normalized spacial score (nSPS) is 17.1. The van der Waals surface area contributed by atoms with Gasteiger partial charge in [-0.05, 0) is 30.7 Å². The van der Waals surface area contributed by atoms with Gasteiger partial charge in [0.05, 0.1) is 6.54 Å². The Morgan fingerprint density at radius 3 is 2.96 bits per heavy atom. The third-order valence-corrected chi connectivity index (χ3v) is 4.72. The van der Waals surface area contributed by atoms with Gasteiger partial charge in [-0.3, -0.25) is 9.78 Å². The summed E-state index contributed by atoms with van der Waals surface area (Å²) in [6, 6.07) is 7.64. The molecule has 26 heavy (non-hydrogen) atoms. The number of hydrogen-bond donors (Lipinski definition) is 0. The van der Waals surface area contributed by atoms with Crippen LogP contribution in [0.1, 0.15) is 30.3 Å². The van der Waals surface area contributed by atoms with Gasteiger partial charge in [0.15, 0.2) is 0 Å². The number of benzene rings is 1. The standard InChI is InChI=1S/C18H14ClFN4O2/c19-13-4-1-5-14(20)12(13)10-24-15(6-7-16(24)25)18-22-17(23-26-18)11-3-2-8-21-9-11/h1-5,8-9,15H,6-7,10H2. The lowest BCUT2D eigenvalue weighted by Gasteiger charge is -2.22. The molecule has 1 unspecified atom stereocenters. The topological polar surface area (TPSA) is 72.1 Å². The number of amides is 1. The summed E-state index contributed by atoms with van der Waals surface area (Å²) in [5.74, 6) is 0.173. The van der Waals surface area contributed by atoms with Gasteiger partial charge in [-0.15, -0.1) is 0 Å². The predicted molar refractivity (Wildman–Crippen MR) is 91.5 cm³/mol. The second-order valence-corrected chi connectivity index (χ2v) is 6.38. The fourth-order valence-corrected chi connectivity index (χ4v) is 3.25. The number of hydrogen-bond acceptors (Lipinski definition) is 5. The maximum absolute atomic E-state index is 14.1. The van der Waals surface area contributed by atoms with Gasteiger partial charge in [0.2, 0.25) is 17.6 Å². The van der Waals surface area contributed by atoms with Gasteiger partial charge >= 0.3 is 0 Å². The van der Waals surface area contributed by atoms with E-state index in [1.54, 1.807) is 24.5 Å². The minimum Gasteiger partial charge on any atom is -0.337 e. The molecule has 1 aliphatic rings. The molecule has 8 heteroatoms. The number of carbonyl (C=O) groups is 1. The van der Waals surface area contributed by atoms with E-state index >= 15 is 0 Å². The fourth-order valence-electron chi connectivity index (χ4n) is 3.03. The van der Waals surface area contributed by atoms with Crippen LogP contribution in [0.25, 0.3) is 11.4 Å². The number of pyridine rings is 1. The highest BCUT2D eigenvalue weighted by Crippen LogP contribution is 2.35. The van der Waals surface area contributed by atoms with E-state index in [-0.39, 0.29) is 23.0 Å². The first-order valence-electron chi connectivity index (χ1n) is 8.10. The number of rotatable bonds is 4. The van der Waals surface area contributed by atoms with Crippen LogP contribution in [0.2, 0.25) is 5.02 Å². The molecule has 3 heterocycles. The van der Waals surface area contributed by atoms with Crippen molar-refractivity contribution in [1.82, 2.24) is 20.0 Å². The SMILES string of the molecule is O=C1CCC(c2nc(-c3cccnc3)no2)N1Cc1c(F)cccc1Cl. The van der Waals surface area contributed by atoms with E-state index in [0.29, 0.717) is 24.6 Å². The summed E-state index contributed by atoms with van der Waals surface area (Å²) < 4.78 is 19.5. The maximum atomic E-state index is 14.1. The van der Waals surface area contributed by atoms with Crippen molar-refractivity contribution in [2.45, 2.75) is 25.4 Å². The molecule has 1 atom stereocenters. The molecular formula is C18H14ClFN4O2. The van der Waals surface area contributed by atoms with Crippen molar-refractivity contribution >= 4 is 17.5 Å². The Kier molecular flexibility index (Phi) is 4.38. The van der Waals surface area contributed by atoms with Crippen LogP contribution in [0, 0.1) is 5.82 Å². The Balaban J connectivity index is 1.62. The van der Waals surface area contributed by atoms with Crippen LogP contribution in [0.15, 0.2) is 47.2 Å². The lowest BCUT2D eigenvalue weighted by Crippen LogP contribution is -2.28. The summed E-state index contributed by atoms with van der Waals surface area (Å²) in [6.07, 6.45) is 4.15. The van der Waals surface area contributed by atoms with Gasteiger partial charge in [-0.2, -0.15) is 4.98 Å². The molecule has 0 saturated carbocycles. The fraction of sp³-hybridized carbons (Fsp3) is 0.222. The molecular weight excluding hydrogens is 359 g/mol. The van der Waals surface area contributed by atoms with Crippen molar-refractivity contribution in [3.8, 4) is 11.4 Å². The first-order valence-corrected chi connectivity index (χ1v) is 8.47. The van der Waals surface area contributed by atoms with Crippen LogP contribution in [-0.2, 0) is 11.3 Å². The lowest BCUT2D eigenvalue weighted by molar-refractivity contribution is -0.130. The molecule has 6 nitrogen and oxygen atoms in total. The second-order valence-electron chi connectivity index (χ2n) is 5.97. The molecule has 1 amide bonds. The summed E-state index contributed by atoms with van der Waals surface area (Å²) in [5, 5.41) is 4.25. The van der Waals surface area contributed by atoms with Crippen molar-refractivity contribution in [1.29, 1.82) is 0 Å². The van der Waals surface area contributed by atoms with Gasteiger partial charge in [0.25, 0.3) is 0 Å². The van der Waals surface area contributed by atoms with Gasteiger partial charge in [-0.25, -0.2) is 4.39 Å². The summed E-state index contributed by atoms with van der Waals surface area (Å²) in [4.78, 5) is 22.3. The monoisotopic (exact) mass is 372 g/mol. The average Bonchev–Trinajstić information content (AvgIpc) is 3.26. The maximum Gasteiger partial charge on any atom is 0.249 e. The summed E-state index contributed by atoms with van der Waals surface area (Å²) >= 11 is 6.10. The lowest BCUT2D eigenvalue weighted by atomic mass is 10.1. The van der Waals surface area contributed by atoms with Crippen LogP contribution < -0.4 is 0 Å². The summed E-state index contributed by atoms with van der Waals surface area (Å²) in [7, 11) is 0. The highest BCUT2D eigenvalue weighted by molar-refractivity contribution is 6.31. The third kappa shape index (κ3) is 3.06. The first kappa shape index (κ1) is 16.7. The zero-order valence-corrected chi connectivity index (χ0v) is 14.4. The van der Waals surface area contributed by atoms with Crippen molar-refractivity contribution < 1.29 is 13.7 Å². The Hall–Kier alpha value is -2.80. The average molecular weight is 373 g/mol. The molecule has 0 bridgehead atoms. The Morgan fingerprint density at radius 2 is 2.19 bits per heavy atom. The van der Waals surface area contributed by atoms with Crippen LogP contribution in [-0.4, -0.2) is 25.9 Å². The highest BCUT2D eigenvalue weighted by atomic mass is 35.5. The van der Waals surface area contributed by atoms with Gasteiger partial charge in [0.1, 0.15) is 11.9 Å². The van der Waals surface area contributed by atoms with E-state index in [4.69, 9.17) is 16.1 Å². The molecule has 1 fully saturated rings. The van der Waals surface area contributed by atoms with Crippen LogP contribution >= 0.6 is 11.6 Å². The number of halogens is 2. The van der Waals surface area contributed by atoms with E-state index in [2.05, 4.69) is 15.1 Å². The van der Waals surface area contributed by atoms with Gasteiger partial charge in [-0.1, -0.05) is 22.8 Å². The Labute approximate surface area is 153 Å². The molecule has 132 valence electrons. The number of nitrogens with zero attached hydrogens (tertiary/aromatic N) is 4. The van der Waals surface area contributed by atoms with Crippen molar-refractivity contribution in [2.24, 2.45) is 0 Å². The molecule has 1 aromatic carbocycles. The largest absolute Gasteiger partial charge is 0.337 e. The number of aromatic nitrogens is 3. The van der Waals surface area contributed by atoms with Crippen LogP contribution in [0.5, 0.6) is 0 Å². The van der Waals surface area contributed by atoms with E-state index < -0.39 is 11.9 Å². The minimum absolute atomic E-state index is 0.0552. The molecule has 4 rings (SSSR count). The van der Waals surface area contributed by atoms with E-state index in [0.717, 1.165) is 5.56 Å². The highest BCUT2D eigenvalue weighted by Gasteiger charge is 2.36. The Morgan fingerprint density at radius 1 is 1.31 bits per heavy atom. The first-order chi connectivity index (χ1) is 12.6. The second kappa shape index (κ2) is 6.84. The summed E-state index contributed by atoms with van der Waals surface area (Å²) in [6.45, 7) is 0.0552. The zero-order valence-electron chi connectivity index (χ0n) is 13.6. The van der Waals surface area contributed by atoms with Gasteiger partial charge < -0.3 is 9.42 Å². The van der Waals surface area contributed by atoms with Crippen LogP contribution in [0.4, 0.5) is 4.39 Å². The number of likely N-dealkylation sites (tertiary alicyclic amines) is 1. The third-order valence-electron chi connectivity index (χ3n) is 4.36. The van der Waals surface area contributed by atoms with Crippen molar-refractivity contribution in [2.75, 3.05) is 0 Å². The molecule has 0 N–H and O–H groups in total. The number of carbonyl (C=O) groups excluding carboxylic acids is 1. The molecule has 0 aliphatic carbocycles. The molecule has 0 spiro atoms. The molecule has 0 radical (unpaired) electrons. The zero-order chi connectivity index (χ0) is 18.1. The van der Waals surface area contributed by atoms with E-state index in [1.165, 1.54) is 17.0 Å². The molecule has 1 aliphatic heterocycles. The minimum atomic E-state index is -0.447. The smallest absolute Gasteiger partial charge is 0.249 e. The predicted octanol–water partition coefficient (Wildman–Crippen LogP) is 3.79. The van der Waals surface area contributed by atoms with E-state index in [9.17, 15) is 9.18 Å².